The van der Waals surface area contributed by atoms with Gasteiger partial charge in [0.2, 0.25) is 11.8 Å². The van der Waals surface area contributed by atoms with Crippen LogP contribution < -0.4 is 5.32 Å². The average Bonchev–Trinajstić information content (AvgIpc) is 3.43. The van der Waals surface area contributed by atoms with Gasteiger partial charge < -0.3 is 19.4 Å². The summed E-state index contributed by atoms with van der Waals surface area (Å²) in [4.78, 5) is 42.0. The van der Waals surface area contributed by atoms with Gasteiger partial charge >= 0.3 is 5.97 Å². The summed E-state index contributed by atoms with van der Waals surface area (Å²) in [5.74, 6) is -0.0761. The first-order valence-corrected chi connectivity index (χ1v) is 10.3. The highest BCUT2D eigenvalue weighted by molar-refractivity contribution is 7.09. The second kappa shape index (κ2) is 10.0. The quantitative estimate of drug-likeness (QED) is 0.548. The Kier molecular flexibility index (Phi) is 7.18. The molecular weight excluding hydrogens is 394 g/mol. The largest absolute Gasteiger partial charge is 0.465 e. The van der Waals surface area contributed by atoms with Crippen LogP contribution in [0.3, 0.4) is 0 Å². The van der Waals surface area contributed by atoms with Gasteiger partial charge in [-0.1, -0.05) is 0 Å². The molecule has 0 aromatic carbocycles. The third kappa shape index (κ3) is 5.77. The number of esters is 1. The summed E-state index contributed by atoms with van der Waals surface area (Å²) in [6, 6.07) is 3.46. The fourth-order valence-electron chi connectivity index (χ4n) is 3.03. The maximum absolute atomic E-state index is 12.3. The Balaban J connectivity index is 1.42. The van der Waals surface area contributed by atoms with Gasteiger partial charge in [-0.3, -0.25) is 9.59 Å². The predicted octanol–water partition coefficient (Wildman–Crippen LogP) is 2.45. The van der Waals surface area contributed by atoms with Crippen molar-refractivity contribution < 1.29 is 23.5 Å². The molecule has 0 aliphatic carbocycles. The van der Waals surface area contributed by atoms with E-state index in [1.165, 1.54) is 23.7 Å². The van der Waals surface area contributed by atoms with E-state index in [0.29, 0.717) is 31.2 Å². The summed E-state index contributed by atoms with van der Waals surface area (Å²) in [6.07, 6.45) is 5.95. The van der Waals surface area contributed by atoms with Crippen molar-refractivity contribution in [3.05, 3.63) is 46.3 Å². The lowest BCUT2D eigenvalue weighted by Crippen LogP contribution is -2.43. The number of carbonyl (C=O) groups excluding carboxylic acids is 3. The minimum atomic E-state index is -0.403. The van der Waals surface area contributed by atoms with Crippen LogP contribution in [0.1, 0.15) is 46.9 Å². The summed E-state index contributed by atoms with van der Waals surface area (Å²) < 4.78 is 10.1. The van der Waals surface area contributed by atoms with Gasteiger partial charge in [0.1, 0.15) is 5.76 Å². The molecule has 154 valence electrons. The standard InChI is InChI=1S/C20H23N3O5S/c1-2-27-20(26)16-13-29-19(22-16)14-7-9-23(10-8-14)18(25)12-21-17(24)6-5-15-4-3-11-28-15/h3-6,11,13-14H,2,7-10,12H2,1H3,(H,21,24)/b6-5-. The first-order chi connectivity index (χ1) is 14.1. The van der Waals surface area contributed by atoms with Crippen molar-refractivity contribution in [3.8, 4) is 0 Å². The maximum Gasteiger partial charge on any atom is 0.357 e. The van der Waals surface area contributed by atoms with Crippen LogP contribution in [0.5, 0.6) is 0 Å². The SMILES string of the molecule is CCOC(=O)c1csc(C2CCN(C(=O)CNC(=O)/C=C\c3ccco3)CC2)n1. The Hall–Kier alpha value is -2.94. The van der Waals surface area contributed by atoms with Gasteiger partial charge in [0, 0.05) is 30.5 Å². The molecule has 0 spiro atoms. The van der Waals surface area contributed by atoms with Crippen molar-refractivity contribution in [3.63, 3.8) is 0 Å². The van der Waals surface area contributed by atoms with Crippen LogP contribution in [0.15, 0.2) is 34.3 Å². The first-order valence-electron chi connectivity index (χ1n) is 9.46. The van der Waals surface area contributed by atoms with Gasteiger partial charge in [-0.25, -0.2) is 9.78 Å². The van der Waals surface area contributed by atoms with E-state index in [0.717, 1.165) is 17.8 Å². The number of thiazole rings is 1. The lowest BCUT2D eigenvalue weighted by Gasteiger charge is -2.31. The second-order valence-electron chi connectivity index (χ2n) is 6.51. The van der Waals surface area contributed by atoms with E-state index in [9.17, 15) is 14.4 Å². The zero-order valence-electron chi connectivity index (χ0n) is 16.1. The summed E-state index contributed by atoms with van der Waals surface area (Å²) >= 11 is 1.45. The molecule has 3 heterocycles. The summed E-state index contributed by atoms with van der Waals surface area (Å²) in [5, 5.41) is 5.21. The Morgan fingerprint density at radius 3 is 2.86 bits per heavy atom. The molecule has 2 aromatic heterocycles. The van der Waals surface area contributed by atoms with E-state index in [1.807, 2.05) is 0 Å². The number of furan rings is 1. The second-order valence-corrected chi connectivity index (χ2v) is 7.40. The topological polar surface area (TPSA) is 102 Å². The molecule has 1 aliphatic heterocycles. The smallest absolute Gasteiger partial charge is 0.357 e. The third-order valence-corrected chi connectivity index (χ3v) is 5.57. The lowest BCUT2D eigenvalue weighted by atomic mass is 9.97. The molecule has 8 nitrogen and oxygen atoms in total. The number of carbonyl (C=O) groups is 3. The number of likely N-dealkylation sites (tertiary alicyclic amines) is 1. The average molecular weight is 417 g/mol. The number of aromatic nitrogens is 1. The van der Waals surface area contributed by atoms with E-state index in [2.05, 4.69) is 10.3 Å². The van der Waals surface area contributed by atoms with Crippen LogP contribution in [0, 0.1) is 0 Å². The molecule has 2 amide bonds. The molecule has 1 saturated heterocycles. The van der Waals surface area contributed by atoms with Crippen molar-refractivity contribution >= 4 is 35.2 Å². The number of piperidine rings is 1. The van der Waals surface area contributed by atoms with Crippen LogP contribution in [-0.4, -0.2) is 53.9 Å². The molecule has 0 unspecified atom stereocenters. The van der Waals surface area contributed by atoms with Crippen LogP contribution >= 0.6 is 11.3 Å². The number of nitrogens with zero attached hydrogens (tertiary/aromatic N) is 2. The molecule has 3 rings (SSSR count). The van der Waals surface area contributed by atoms with Gasteiger partial charge in [0.05, 0.1) is 24.4 Å². The van der Waals surface area contributed by atoms with E-state index in [-0.39, 0.29) is 24.3 Å². The van der Waals surface area contributed by atoms with E-state index < -0.39 is 5.97 Å². The fraction of sp³-hybridized carbons (Fsp3) is 0.400. The van der Waals surface area contributed by atoms with Gasteiger partial charge in [-0.05, 0) is 38.0 Å². The van der Waals surface area contributed by atoms with Crippen LogP contribution in [0.4, 0.5) is 0 Å². The zero-order chi connectivity index (χ0) is 20.6. The van der Waals surface area contributed by atoms with Crippen LogP contribution in [0.25, 0.3) is 6.08 Å². The first kappa shape index (κ1) is 20.8. The molecule has 2 aromatic rings. The Bertz CT molecular complexity index is 867. The summed E-state index contributed by atoms with van der Waals surface area (Å²) in [5.41, 5.74) is 0.343. The molecule has 9 heteroatoms. The van der Waals surface area contributed by atoms with Crippen molar-refractivity contribution in [2.45, 2.75) is 25.7 Å². The third-order valence-electron chi connectivity index (χ3n) is 4.56. The van der Waals surface area contributed by atoms with E-state index >= 15 is 0 Å². The molecule has 1 N–H and O–H groups in total. The maximum atomic E-state index is 12.3. The van der Waals surface area contributed by atoms with Gasteiger partial charge in [-0.15, -0.1) is 11.3 Å². The number of nitrogens with one attached hydrogen (secondary N) is 1. The zero-order valence-corrected chi connectivity index (χ0v) is 16.9. The minimum Gasteiger partial charge on any atom is -0.465 e. The molecule has 0 radical (unpaired) electrons. The number of rotatable bonds is 7. The monoisotopic (exact) mass is 417 g/mol. The molecule has 0 atom stereocenters. The molecule has 29 heavy (non-hydrogen) atoms. The fourth-order valence-corrected chi connectivity index (χ4v) is 3.99. The Labute approximate surface area is 172 Å². The lowest BCUT2D eigenvalue weighted by molar-refractivity contribution is -0.133. The summed E-state index contributed by atoms with van der Waals surface area (Å²) in [6.45, 7) is 3.22. The molecule has 1 aliphatic rings. The normalized spacial score (nSPS) is 14.9. The predicted molar refractivity (Wildman–Crippen MR) is 107 cm³/mol. The van der Waals surface area contributed by atoms with Gasteiger partial charge in [0.15, 0.2) is 5.69 Å². The highest BCUT2D eigenvalue weighted by atomic mass is 32.1. The number of hydrogen-bond acceptors (Lipinski definition) is 7. The molecule has 1 fully saturated rings. The van der Waals surface area contributed by atoms with Crippen molar-refractivity contribution in [1.82, 2.24) is 15.2 Å². The minimum absolute atomic E-state index is 0.0454. The highest BCUT2D eigenvalue weighted by Gasteiger charge is 2.26. The van der Waals surface area contributed by atoms with E-state index in [4.69, 9.17) is 9.15 Å². The van der Waals surface area contributed by atoms with Gasteiger partial charge in [-0.2, -0.15) is 0 Å². The Morgan fingerprint density at radius 2 is 2.17 bits per heavy atom. The number of amides is 2. The highest BCUT2D eigenvalue weighted by Crippen LogP contribution is 2.30. The molecule has 0 bridgehead atoms. The van der Waals surface area contributed by atoms with Crippen molar-refractivity contribution in [1.29, 1.82) is 0 Å². The summed E-state index contributed by atoms with van der Waals surface area (Å²) in [7, 11) is 0. The number of ether oxygens (including phenoxy) is 1. The van der Waals surface area contributed by atoms with Crippen molar-refractivity contribution in [2.75, 3.05) is 26.2 Å². The molecule has 0 saturated carbocycles. The molecular formula is C20H23N3O5S. The van der Waals surface area contributed by atoms with Gasteiger partial charge in [0.25, 0.3) is 0 Å². The van der Waals surface area contributed by atoms with Crippen molar-refractivity contribution in [2.24, 2.45) is 0 Å². The van der Waals surface area contributed by atoms with E-state index in [1.54, 1.807) is 35.4 Å². The van der Waals surface area contributed by atoms with Crippen LogP contribution in [0.2, 0.25) is 0 Å². The number of hydrogen-bond donors (Lipinski definition) is 1. The Morgan fingerprint density at radius 1 is 1.38 bits per heavy atom. The van der Waals surface area contributed by atoms with Crippen LogP contribution in [-0.2, 0) is 14.3 Å².